The van der Waals surface area contributed by atoms with Gasteiger partial charge in [-0.25, -0.2) is 4.79 Å². The lowest BCUT2D eigenvalue weighted by molar-refractivity contribution is -0.217. The van der Waals surface area contributed by atoms with Gasteiger partial charge in [-0.05, 0) is 27.7 Å². The van der Waals surface area contributed by atoms with Gasteiger partial charge in [0.2, 0.25) is 6.10 Å². The van der Waals surface area contributed by atoms with Crippen molar-refractivity contribution in [2.24, 2.45) is 5.92 Å². The van der Waals surface area contributed by atoms with Gasteiger partial charge in [-0.15, -0.1) is 0 Å². The van der Waals surface area contributed by atoms with E-state index in [1.165, 1.54) is 0 Å². The number of carbonyl (C=O) groups is 2. The molecule has 7 heteroatoms. The summed E-state index contributed by atoms with van der Waals surface area (Å²) in [4.78, 5) is 23.9. The molecule has 6 atom stereocenters. The molecule has 3 aliphatic heterocycles. The Morgan fingerprint density at radius 3 is 2.68 bits per heavy atom. The molecule has 3 aliphatic rings. The van der Waals surface area contributed by atoms with E-state index in [1.54, 1.807) is 39.8 Å². The summed E-state index contributed by atoms with van der Waals surface area (Å²) in [6.45, 7) is 7.02. The Bertz CT molecular complexity index is 512. The standard InChI is InChI=1S/C15H20O7/c1-5-6-7(2)12(16)19-10-8-9(18-13(10)17)11-14(20-8)22-15(3,4)21-11/h5-11,14H,1-4H3/b6-5-. The predicted octanol–water partition coefficient (Wildman–Crippen LogP) is 0.912. The molecular formula is C15H20O7. The maximum atomic E-state index is 12.0. The summed E-state index contributed by atoms with van der Waals surface area (Å²) in [7, 11) is 0. The van der Waals surface area contributed by atoms with Crippen molar-refractivity contribution in [3.05, 3.63) is 12.2 Å². The Labute approximate surface area is 128 Å². The molecule has 0 bridgehead atoms. The van der Waals surface area contributed by atoms with Crippen molar-refractivity contribution < 1.29 is 33.3 Å². The summed E-state index contributed by atoms with van der Waals surface area (Å²) in [5.74, 6) is -2.34. The Hall–Kier alpha value is -1.44. The normalized spacial score (nSPS) is 40.4. The van der Waals surface area contributed by atoms with Gasteiger partial charge in [0.05, 0.1) is 5.92 Å². The van der Waals surface area contributed by atoms with E-state index in [-0.39, 0.29) is 0 Å². The minimum atomic E-state index is -1.08. The molecule has 0 saturated carbocycles. The second kappa shape index (κ2) is 5.33. The molecule has 0 N–H and O–H groups in total. The topological polar surface area (TPSA) is 80.3 Å². The monoisotopic (exact) mass is 312 g/mol. The number of hydrogen-bond donors (Lipinski definition) is 0. The molecule has 0 spiro atoms. The molecule has 0 aliphatic carbocycles. The van der Waals surface area contributed by atoms with E-state index in [4.69, 9.17) is 23.7 Å². The van der Waals surface area contributed by atoms with E-state index in [1.807, 2.05) is 0 Å². The van der Waals surface area contributed by atoms with Gasteiger partial charge in [0, 0.05) is 0 Å². The molecule has 22 heavy (non-hydrogen) atoms. The van der Waals surface area contributed by atoms with Gasteiger partial charge in [0.1, 0.15) is 6.10 Å². The lowest BCUT2D eigenvalue weighted by Crippen LogP contribution is -2.38. The van der Waals surface area contributed by atoms with Crippen LogP contribution in [-0.2, 0) is 33.3 Å². The number of ether oxygens (including phenoxy) is 5. The highest BCUT2D eigenvalue weighted by Gasteiger charge is 2.64. The number of esters is 2. The smallest absolute Gasteiger partial charge is 0.350 e. The van der Waals surface area contributed by atoms with Crippen LogP contribution in [0, 0.1) is 5.92 Å². The molecule has 3 fully saturated rings. The number of rotatable bonds is 3. The fourth-order valence-corrected chi connectivity index (χ4v) is 2.93. The first-order valence-electron chi connectivity index (χ1n) is 7.37. The molecule has 0 amide bonds. The van der Waals surface area contributed by atoms with Crippen LogP contribution in [0.4, 0.5) is 0 Å². The van der Waals surface area contributed by atoms with Gasteiger partial charge < -0.3 is 23.7 Å². The van der Waals surface area contributed by atoms with Crippen molar-refractivity contribution in [3.8, 4) is 0 Å². The summed E-state index contributed by atoms with van der Waals surface area (Å²) >= 11 is 0. The third-order valence-corrected chi connectivity index (χ3v) is 3.91. The van der Waals surface area contributed by atoms with E-state index in [0.717, 1.165) is 0 Å². The Morgan fingerprint density at radius 1 is 1.27 bits per heavy atom. The van der Waals surface area contributed by atoms with Crippen LogP contribution in [0.25, 0.3) is 0 Å². The molecule has 0 aromatic carbocycles. The number of fused-ring (bicyclic) bond motifs is 3. The van der Waals surface area contributed by atoms with Crippen LogP contribution in [0.5, 0.6) is 0 Å². The van der Waals surface area contributed by atoms with Crippen LogP contribution in [0.3, 0.4) is 0 Å². The van der Waals surface area contributed by atoms with Crippen molar-refractivity contribution in [3.63, 3.8) is 0 Å². The molecular weight excluding hydrogens is 292 g/mol. The summed E-state index contributed by atoms with van der Waals surface area (Å²) < 4.78 is 27.5. The third-order valence-electron chi connectivity index (χ3n) is 3.91. The average Bonchev–Trinajstić information content (AvgIpc) is 2.99. The number of hydrogen-bond acceptors (Lipinski definition) is 7. The maximum absolute atomic E-state index is 12.0. The first-order valence-corrected chi connectivity index (χ1v) is 7.37. The highest BCUT2D eigenvalue weighted by atomic mass is 16.8. The van der Waals surface area contributed by atoms with Gasteiger partial charge in [-0.3, -0.25) is 4.79 Å². The SMILES string of the molecule is C/C=C\C(C)C(=O)OC1C(=O)OC2C3OC(C)(C)OC3OC12. The van der Waals surface area contributed by atoms with Crippen molar-refractivity contribution in [1.82, 2.24) is 0 Å². The maximum Gasteiger partial charge on any atom is 0.350 e. The summed E-state index contributed by atoms with van der Waals surface area (Å²) in [5.41, 5.74) is 0. The second-order valence-electron chi connectivity index (χ2n) is 6.14. The molecule has 3 heterocycles. The zero-order valence-corrected chi connectivity index (χ0v) is 13.0. The van der Waals surface area contributed by atoms with Crippen LogP contribution < -0.4 is 0 Å². The van der Waals surface area contributed by atoms with Gasteiger partial charge in [-0.2, -0.15) is 0 Å². The average molecular weight is 312 g/mol. The molecule has 7 nitrogen and oxygen atoms in total. The van der Waals surface area contributed by atoms with Crippen LogP contribution in [0.2, 0.25) is 0 Å². The third kappa shape index (κ3) is 2.53. The number of carbonyl (C=O) groups excluding carboxylic acids is 2. The lowest BCUT2D eigenvalue weighted by atomic mass is 10.1. The largest absolute Gasteiger partial charge is 0.454 e. The minimum absolute atomic E-state index is 0.441. The molecule has 0 aromatic rings. The number of allylic oxidation sites excluding steroid dienone is 1. The fourth-order valence-electron chi connectivity index (χ4n) is 2.93. The highest BCUT2D eigenvalue weighted by Crippen LogP contribution is 2.43. The molecule has 0 aromatic heterocycles. The summed E-state index contributed by atoms with van der Waals surface area (Å²) in [5, 5.41) is 0. The van der Waals surface area contributed by atoms with E-state index in [0.29, 0.717) is 0 Å². The molecule has 0 radical (unpaired) electrons. The molecule has 3 saturated heterocycles. The van der Waals surface area contributed by atoms with E-state index in [9.17, 15) is 9.59 Å². The highest BCUT2D eigenvalue weighted by molar-refractivity contribution is 5.83. The van der Waals surface area contributed by atoms with Gasteiger partial charge in [-0.1, -0.05) is 12.2 Å². The Morgan fingerprint density at radius 2 is 2.00 bits per heavy atom. The fraction of sp³-hybridized carbons (Fsp3) is 0.733. The quantitative estimate of drug-likeness (QED) is 0.566. The van der Waals surface area contributed by atoms with E-state index in [2.05, 4.69) is 0 Å². The zero-order chi connectivity index (χ0) is 16.1. The first kappa shape index (κ1) is 15.5. The van der Waals surface area contributed by atoms with Crippen molar-refractivity contribution in [1.29, 1.82) is 0 Å². The first-order chi connectivity index (χ1) is 10.3. The van der Waals surface area contributed by atoms with Gasteiger partial charge in [0.15, 0.2) is 24.3 Å². The van der Waals surface area contributed by atoms with Crippen molar-refractivity contribution in [2.75, 3.05) is 0 Å². The summed E-state index contributed by atoms with van der Waals surface area (Å²) in [6, 6.07) is 0. The molecule has 122 valence electrons. The van der Waals surface area contributed by atoms with E-state index < -0.39 is 54.3 Å². The zero-order valence-electron chi connectivity index (χ0n) is 13.0. The predicted molar refractivity (Wildman–Crippen MR) is 72.4 cm³/mol. The van der Waals surface area contributed by atoms with Crippen LogP contribution in [0.1, 0.15) is 27.7 Å². The minimum Gasteiger partial charge on any atom is -0.454 e. The van der Waals surface area contributed by atoms with E-state index >= 15 is 0 Å². The van der Waals surface area contributed by atoms with Crippen LogP contribution >= 0.6 is 0 Å². The lowest BCUT2D eigenvalue weighted by Gasteiger charge is -2.22. The van der Waals surface area contributed by atoms with Gasteiger partial charge in [0.25, 0.3) is 0 Å². The molecule has 6 unspecified atom stereocenters. The van der Waals surface area contributed by atoms with Crippen LogP contribution in [0.15, 0.2) is 12.2 Å². The molecule has 3 rings (SSSR count). The Kier molecular flexibility index (Phi) is 3.74. The Balaban J connectivity index is 1.69. The second-order valence-corrected chi connectivity index (χ2v) is 6.14. The van der Waals surface area contributed by atoms with Gasteiger partial charge >= 0.3 is 11.9 Å². The summed E-state index contributed by atoms with van der Waals surface area (Å²) in [6.07, 6.45) is -0.0606. The van der Waals surface area contributed by atoms with Crippen molar-refractivity contribution in [2.45, 2.75) is 64.2 Å². The van der Waals surface area contributed by atoms with Crippen molar-refractivity contribution >= 4 is 11.9 Å². The van der Waals surface area contributed by atoms with Crippen LogP contribution in [-0.4, -0.2) is 48.4 Å².